The maximum atomic E-state index is 4.42. The van der Waals surface area contributed by atoms with Crippen molar-refractivity contribution in [2.45, 2.75) is 12.8 Å². The average Bonchev–Trinajstić information content (AvgIpc) is 2.62. The molecule has 14 heavy (non-hydrogen) atoms. The van der Waals surface area contributed by atoms with Crippen molar-refractivity contribution >= 4 is 32.3 Å². The molecule has 2 aromatic rings. The molecule has 72 valence electrons. The first-order valence-electron chi connectivity index (χ1n) is 4.30. The Balaban J connectivity index is 2.34. The highest BCUT2D eigenvalue weighted by Crippen LogP contribution is 2.28. The molecule has 2 rings (SSSR count). The van der Waals surface area contributed by atoms with Gasteiger partial charge < -0.3 is 0 Å². The minimum Gasteiger partial charge on any atom is -0.220 e. The Kier molecular flexibility index (Phi) is 2.74. The van der Waals surface area contributed by atoms with E-state index in [1.54, 1.807) is 22.7 Å². The summed E-state index contributed by atoms with van der Waals surface area (Å²) in [6.45, 7) is 7.39. The van der Waals surface area contributed by atoms with Crippen molar-refractivity contribution in [3.8, 4) is 0 Å². The number of allylic oxidation sites excluding steroid dienone is 2. The quantitative estimate of drug-likeness (QED) is 0.742. The topological polar surface area (TPSA) is 25.8 Å². The Bertz CT molecular complexity index is 396. The van der Waals surface area contributed by atoms with Crippen LogP contribution in [0.25, 0.3) is 9.66 Å². The number of aromatic nitrogens is 2. The first-order valence-corrected chi connectivity index (χ1v) is 5.93. The summed E-state index contributed by atoms with van der Waals surface area (Å²) in [6.07, 6.45) is 5.41. The van der Waals surface area contributed by atoms with E-state index in [2.05, 4.69) is 23.1 Å². The fourth-order valence-electron chi connectivity index (χ4n) is 1.15. The van der Waals surface area contributed by atoms with E-state index in [1.807, 2.05) is 12.2 Å². The Morgan fingerprint density at radius 2 is 1.50 bits per heavy atom. The van der Waals surface area contributed by atoms with E-state index in [4.69, 9.17) is 0 Å². The molecule has 0 aliphatic heterocycles. The van der Waals surface area contributed by atoms with Gasteiger partial charge in [0.05, 0.1) is 0 Å². The lowest BCUT2D eigenvalue weighted by atomic mass is 10.4. The van der Waals surface area contributed by atoms with E-state index in [-0.39, 0.29) is 0 Å². The van der Waals surface area contributed by atoms with E-state index in [0.717, 1.165) is 28.5 Å². The van der Waals surface area contributed by atoms with Crippen LogP contribution in [-0.4, -0.2) is 9.97 Å². The molecule has 0 saturated heterocycles. The number of fused-ring (bicyclic) bond motifs is 1. The van der Waals surface area contributed by atoms with E-state index in [0.29, 0.717) is 0 Å². The summed E-state index contributed by atoms with van der Waals surface area (Å²) in [6, 6.07) is 0. The minimum atomic E-state index is 0.838. The molecule has 4 heteroatoms. The van der Waals surface area contributed by atoms with Crippen molar-refractivity contribution in [3.05, 3.63) is 35.3 Å². The molecule has 0 saturated carbocycles. The molecule has 0 fully saturated rings. The van der Waals surface area contributed by atoms with Crippen LogP contribution in [0, 0.1) is 0 Å². The van der Waals surface area contributed by atoms with Crippen LogP contribution in [0.5, 0.6) is 0 Å². The third-order valence-corrected chi connectivity index (χ3v) is 3.93. The smallest absolute Gasteiger partial charge is 0.182 e. The van der Waals surface area contributed by atoms with Gasteiger partial charge in [-0.3, -0.25) is 0 Å². The van der Waals surface area contributed by atoms with Gasteiger partial charge in [0.2, 0.25) is 0 Å². The Hall–Kier alpha value is -1.00. The largest absolute Gasteiger partial charge is 0.220 e. The van der Waals surface area contributed by atoms with Gasteiger partial charge in [-0.15, -0.1) is 35.8 Å². The van der Waals surface area contributed by atoms with Gasteiger partial charge in [0, 0.05) is 12.8 Å². The Morgan fingerprint density at radius 3 is 1.86 bits per heavy atom. The molecular formula is C10H10N2S2. The molecule has 0 spiro atoms. The van der Waals surface area contributed by atoms with Gasteiger partial charge in [0.25, 0.3) is 0 Å². The highest BCUT2D eigenvalue weighted by atomic mass is 32.2. The summed E-state index contributed by atoms with van der Waals surface area (Å²) in [7, 11) is 0. The summed E-state index contributed by atoms with van der Waals surface area (Å²) < 4.78 is 1.21. The lowest BCUT2D eigenvalue weighted by Gasteiger charge is -1.85. The van der Waals surface area contributed by atoms with E-state index in [1.165, 1.54) is 4.01 Å². The highest BCUT2D eigenvalue weighted by Gasteiger charge is 2.08. The Labute approximate surface area is 90.6 Å². The van der Waals surface area contributed by atoms with E-state index < -0.39 is 0 Å². The van der Waals surface area contributed by atoms with Gasteiger partial charge in [0.1, 0.15) is 14.0 Å². The van der Waals surface area contributed by atoms with Gasteiger partial charge in [-0.1, -0.05) is 12.2 Å². The second-order valence-electron chi connectivity index (χ2n) is 2.81. The Morgan fingerprint density at radius 1 is 1.00 bits per heavy atom. The molecule has 0 atom stereocenters. The normalized spacial score (nSPS) is 10.6. The number of hydrogen-bond donors (Lipinski definition) is 0. The van der Waals surface area contributed by atoms with Crippen LogP contribution in [0.4, 0.5) is 0 Å². The number of thiazole rings is 2. The summed E-state index contributed by atoms with van der Waals surface area (Å²) in [5, 5.41) is 2.19. The maximum Gasteiger partial charge on any atom is 0.182 e. The predicted molar refractivity (Wildman–Crippen MR) is 63.1 cm³/mol. The van der Waals surface area contributed by atoms with Gasteiger partial charge in [0.15, 0.2) is 5.65 Å². The summed E-state index contributed by atoms with van der Waals surface area (Å²) in [5.41, 5.74) is 0.883. The minimum absolute atomic E-state index is 0.838. The molecule has 0 aromatic carbocycles. The maximum absolute atomic E-state index is 4.42. The SMILES string of the molecule is C=CCc1nc2nc(CC=C)sc2s1. The lowest BCUT2D eigenvalue weighted by Crippen LogP contribution is -1.80. The van der Waals surface area contributed by atoms with Crippen LogP contribution < -0.4 is 0 Å². The number of nitrogens with zero attached hydrogens (tertiary/aromatic N) is 2. The highest BCUT2D eigenvalue weighted by molar-refractivity contribution is 7.37. The lowest BCUT2D eigenvalue weighted by molar-refractivity contribution is 1.16. The van der Waals surface area contributed by atoms with Crippen LogP contribution in [0.3, 0.4) is 0 Å². The van der Waals surface area contributed by atoms with Crippen molar-refractivity contribution < 1.29 is 0 Å². The van der Waals surface area contributed by atoms with Crippen molar-refractivity contribution in [1.82, 2.24) is 9.97 Å². The van der Waals surface area contributed by atoms with Crippen molar-refractivity contribution in [3.63, 3.8) is 0 Å². The molecule has 0 N–H and O–H groups in total. The number of hydrogen-bond acceptors (Lipinski definition) is 4. The molecule has 0 aliphatic carbocycles. The average molecular weight is 222 g/mol. The number of rotatable bonds is 4. The predicted octanol–water partition coefficient (Wildman–Crippen LogP) is 3.21. The molecule has 2 heterocycles. The summed E-state index contributed by atoms with van der Waals surface area (Å²) in [4.78, 5) is 8.84. The monoisotopic (exact) mass is 222 g/mol. The zero-order chi connectivity index (χ0) is 9.97. The fraction of sp³-hybridized carbons (Fsp3) is 0.200. The van der Waals surface area contributed by atoms with Crippen LogP contribution in [0.15, 0.2) is 25.3 Å². The van der Waals surface area contributed by atoms with E-state index in [9.17, 15) is 0 Å². The fourth-order valence-corrected chi connectivity index (χ4v) is 3.35. The van der Waals surface area contributed by atoms with Crippen LogP contribution in [0.2, 0.25) is 0 Å². The third-order valence-electron chi connectivity index (χ3n) is 1.70. The van der Waals surface area contributed by atoms with Crippen LogP contribution in [-0.2, 0) is 12.8 Å². The molecule has 0 unspecified atom stereocenters. The molecule has 0 bridgehead atoms. The van der Waals surface area contributed by atoms with Gasteiger partial charge >= 0.3 is 0 Å². The first kappa shape index (κ1) is 9.55. The van der Waals surface area contributed by atoms with Crippen LogP contribution in [0.1, 0.15) is 10.0 Å². The van der Waals surface area contributed by atoms with Gasteiger partial charge in [-0.05, 0) is 0 Å². The third kappa shape index (κ3) is 1.76. The standard InChI is InChI=1S/C10H10N2S2/c1-3-5-7-11-9-10(13-7)14-8(12-9)6-4-2/h3-4H,1-2,5-6H2. The van der Waals surface area contributed by atoms with Crippen molar-refractivity contribution in [1.29, 1.82) is 0 Å². The molecule has 0 radical (unpaired) electrons. The molecular weight excluding hydrogens is 212 g/mol. The van der Waals surface area contributed by atoms with Gasteiger partial charge in [-0.2, -0.15) is 0 Å². The zero-order valence-corrected chi connectivity index (χ0v) is 9.33. The molecule has 2 nitrogen and oxygen atoms in total. The molecule has 0 aliphatic rings. The van der Waals surface area contributed by atoms with Gasteiger partial charge in [-0.25, -0.2) is 9.97 Å². The second kappa shape index (κ2) is 4.02. The van der Waals surface area contributed by atoms with Crippen LogP contribution >= 0.6 is 22.7 Å². The first-order chi connectivity index (χ1) is 6.83. The van der Waals surface area contributed by atoms with E-state index >= 15 is 0 Å². The molecule has 0 amide bonds. The summed E-state index contributed by atoms with van der Waals surface area (Å²) >= 11 is 3.42. The summed E-state index contributed by atoms with van der Waals surface area (Å²) in [5.74, 6) is 0. The zero-order valence-electron chi connectivity index (χ0n) is 7.69. The second-order valence-corrected chi connectivity index (χ2v) is 5.24. The van der Waals surface area contributed by atoms with Crippen molar-refractivity contribution in [2.24, 2.45) is 0 Å². The molecule has 2 aromatic heterocycles. The van der Waals surface area contributed by atoms with Crippen molar-refractivity contribution in [2.75, 3.05) is 0 Å².